The van der Waals surface area contributed by atoms with Gasteiger partial charge in [-0.1, -0.05) is 6.04 Å². The largest absolute Gasteiger partial charge is 0.330 e. The van der Waals surface area contributed by atoms with Gasteiger partial charge in [0.05, 0.1) is 27.7 Å². The molecule has 0 aromatic heterocycles. The number of hydrogen-bond donors (Lipinski definition) is 1. The van der Waals surface area contributed by atoms with Crippen LogP contribution in [0, 0.1) is 0 Å². The van der Waals surface area contributed by atoms with E-state index in [4.69, 9.17) is 0 Å². The predicted octanol–water partition coefficient (Wildman–Crippen LogP) is 0.259. The number of rotatable bonds is 6. The molecule has 2 nitrogen and oxygen atoms in total. The molecule has 0 saturated carbocycles. The maximum atomic E-state index is 3.44. The number of nitrogens with one attached hydrogen (secondary N) is 1. The lowest BCUT2D eigenvalue weighted by Gasteiger charge is -2.23. The highest BCUT2D eigenvalue weighted by molar-refractivity contribution is 6.08. The molecule has 3 heteroatoms. The highest BCUT2D eigenvalue weighted by Gasteiger charge is 2.03. The molecule has 0 unspecified atom stereocenters. The van der Waals surface area contributed by atoms with E-state index in [0.29, 0.717) is 0 Å². The van der Waals surface area contributed by atoms with Gasteiger partial charge in [-0.05, 0) is 13.0 Å². The normalized spacial score (nSPS) is 12.0. The molecule has 0 bridgehead atoms. The molecule has 0 aromatic rings. The van der Waals surface area contributed by atoms with Gasteiger partial charge < -0.3 is 9.80 Å². The zero-order valence-electron chi connectivity index (χ0n) is 7.98. The fourth-order valence-corrected chi connectivity index (χ4v) is 0.930. The third-order valence-corrected chi connectivity index (χ3v) is 1.84. The monoisotopic (exact) mass is 172 g/mol. The van der Waals surface area contributed by atoms with Crippen molar-refractivity contribution < 1.29 is 4.48 Å². The first-order valence-electron chi connectivity index (χ1n) is 4.22. The molecule has 0 spiro atoms. The fourth-order valence-electron chi connectivity index (χ4n) is 0.753. The summed E-state index contributed by atoms with van der Waals surface area (Å²) >= 11 is 0. The molecular weight excluding hydrogens is 152 g/mol. The maximum absolute atomic E-state index is 3.44. The SMILES string of the molecule is C[N+](C)(C)CCNCCC[Si]. The van der Waals surface area contributed by atoms with Crippen molar-refractivity contribution in [3.05, 3.63) is 0 Å². The van der Waals surface area contributed by atoms with Crippen LogP contribution in [-0.4, -0.2) is 55.5 Å². The molecule has 0 saturated heterocycles. The van der Waals surface area contributed by atoms with Crippen molar-refractivity contribution in [2.45, 2.75) is 12.5 Å². The average Bonchev–Trinajstić information content (AvgIpc) is 1.85. The van der Waals surface area contributed by atoms with Gasteiger partial charge in [0.1, 0.15) is 0 Å². The quantitative estimate of drug-likeness (QED) is 0.344. The molecule has 65 valence electrons. The van der Waals surface area contributed by atoms with Crippen LogP contribution in [0.5, 0.6) is 0 Å². The van der Waals surface area contributed by atoms with Gasteiger partial charge in [-0.2, -0.15) is 0 Å². The van der Waals surface area contributed by atoms with E-state index >= 15 is 0 Å². The molecule has 11 heavy (non-hydrogen) atoms. The van der Waals surface area contributed by atoms with Crippen LogP contribution in [-0.2, 0) is 0 Å². The van der Waals surface area contributed by atoms with Crippen molar-refractivity contribution in [3.63, 3.8) is 0 Å². The number of nitrogens with zero attached hydrogens (tertiary/aromatic N) is 1. The third-order valence-electron chi connectivity index (χ3n) is 1.49. The van der Waals surface area contributed by atoms with Crippen molar-refractivity contribution >= 4 is 10.2 Å². The van der Waals surface area contributed by atoms with Crippen molar-refractivity contribution in [2.24, 2.45) is 0 Å². The molecule has 0 aliphatic heterocycles. The molecule has 1 N–H and O–H groups in total. The molecule has 3 radical (unpaired) electrons. The summed E-state index contributed by atoms with van der Waals surface area (Å²) in [6.45, 7) is 3.45. The summed E-state index contributed by atoms with van der Waals surface area (Å²) in [5.74, 6) is 0. The highest BCUT2D eigenvalue weighted by Crippen LogP contribution is 1.87. The lowest BCUT2D eigenvalue weighted by Crippen LogP contribution is -2.40. The molecule has 0 aromatic carbocycles. The van der Waals surface area contributed by atoms with Gasteiger partial charge in [0.15, 0.2) is 0 Å². The van der Waals surface area contributed by atoms with Crippen molar-refractivity contribution in [3.8, 4) is 0 Å². The van der Waals surface area contributed by atoms with Crippen LogP contribution in [0.15, 0.2) is 0 Å². The van der Waals surface area contributed by atoms with E-state index in [9.17, 15) is 0 Å². The number of hydrogen-bond acceptors (Lipinski definition) is 1. The molecule has 0 fully saturated rings. The Morgan fingerprint density at radius 1 is 1.18 bits per heavy atom. The van der Waals surface area contributed by atoms with E-state index in [2.05, 4.69) is 36.7 Å². The summed E-state index contributed by atoms with van der Waals surface area (Å²) in [6, 6.07) is 1.09. The predicted molar refractivity (Wildman–Crippen MR) is 50.9 cm³/mol. The summed E-state index contributed by atoms with van der Waals surface area (Å²) in [7, 11) is 10.1. The van der Waals surface area contributed by atoms with E-state index in [1.165, 1.54) is 13.0 Å². The Morgan fingerprint density at radius 2 is 1.82 bits per heavy atom. The van der Waals surface area contributed by atoms with Crippen LogP contribution in [0.4, 0.5) is 0 Å². The standard InChI is InChI=1S/C8H20N2Si/c1-10(2,3)7-6-9-5-4-8-11/h9H,4-8H2,1-3H3/q+1. The van der Waals surface area contributed by atoms with Gasteiger partial charge in [-0.25, -0.2) is 0 Å². The molecule has 0 atom stereocenters. The summed E-state index contributed by atoms with van der Waals surface area (Å²) < 4.78 is 1.04. The van der Waals surface area contributed by atoms with Gasteiger partial charge in [-0.15, -0.1) is 0 Å². The summed E-state index contributed by atoms with van der Waals surface area (Å²) in [6.07, 6.45) is 1.22. The van der Waals surface area contributed by atoms with Crippen LogP contribution in [0.3, 0.4) is 0 Å². The Kier molecular flexibility index (Phi) is 5.82. The number of quaternary nitrogens is 1. The van der Waals surface area contributed by atoms with E-state index in [1.54, 1.807) is 0 Å². The second kappa shape index (κ2) is 5.74. The van der Waals surface area contributed by atoms with E-state index in [1.807, 2.05) is 0 Å². The fraction of sp³-hybridized carbons (Fsp3) is 1.00. The summed E-state index contributed by atoms with van der Waals surface area (Å²) in [4.78, 5) is 0. The number of likely N-dealkylation sites (N-methyl/N-ethyl adjacent to an activating group) is 1. The first-order valence-corrected chi connectivity index (χ1v) is 4.93. The van der Waals surface area contributed by atoms with Gasteiger partial charge in [0.2, 0.25) is 0 Å². The molecular formula is C8H20N2Si+. The van der Waals surface area contributed by atoms with Gasteiger partial charge in [-0.3, -0.25) is 0 Å². The first-order chi connectivity index (χ1) is 5.06. The Labute approximate surface area is 74.0 Å². The average molecular weight is 172 g/mol. The molecule has 0 aliphatic carbocycles. The summed E-state index contributed by atoms with van der Waals surface area (Å²) in [5, 5.41) is 3.40. The Hall–Kier alpha value is 0.137. The van der Waals surface area contributed by atoms with Crippen molar-refractivity contribution in [1.29, 1.82) is 0 Å². The minimum Gasteiger partial charge on any atom is -0.330 e. The second-order valence-corrected chi connectivity index (χ2v) is 4.37. The lowest BCUT2D eigenvalue weighted by atomic mass is 10.4. The highest BCUT2D eigenvalue weighted by atomic mass is 28.1. The summed E-state index contributed by atoms with van der Waals surface area (Å²) in [5.41, 5.74) is 0. The van der Waals surface area contributed by atoms with Crippen LogP contribution >= 0.6 is 0 Å². The van der Waals surface area contributed by atoms with Crippen molar-refractivity contribution in [2.75, 3.05) is 40.8 Å². The lowest BCUT2D eigenvalue weighted by molar-refractivity contribution is -0.869. The zero-order chi connectivity index (χ0) is 8.74. The topological polar surface area (TPSA) is 12.0 Å². The second-order valence-electron chi connectivity index (χ2n) is 3.87. The van der Waals surface area contributed by atoms with E-state index < -0.39 is 0 Å². The van der Waals surface area contributed by atoms with Gasteiger partial charge >= 0.3 is 0 Å². The van der Waals surface area contributed by atoms with E-state index in [-0.39, 0.29) is 0 Å². The minimum absolute atomic E-state index is 1.04. The van der Waals surface area contributed by atoms with Crippen LogP contribution in [0.1, 0.15) is 6.42 Å². The van der Waals surface area contributed by atoms with Gasteiger partial charge in [0.25, 0.3) is 0 Å². The first kappa shape index (κ1) is 11.1. The van der Waals surface area contributed by atoms with Crippen molar-refractivity contribution in [1.82, 2.24) is 5.32 Å². The molecule has 0 rings (SSSR count). The smallest absolute Gasteiger partial charge is 0.0907 e. The van der Waals surface area contributed by atoms with Crippen LogP contribution in [0.25, 0.3) is 0 Å². The zero-order valence-corrected chi connectivity index (χ0v) is 8.98. The maximum Gasteiger partial charge on any atom is 0.0907 e. The Balaban J connectivity index is 3.02. The third kappa shape index (κ3) is 10.1. The van der Waals surface area contributed by atoms with Crippen LogP contribution in [0.2, 0.25) is 6.04 Å². The Morgan fingerprint density at radius 3 is 2.27 bits per heavy atom. The molecule has 0 aliphatic rings. The minimum atomic E-state index is 1.04. The molecule has 0 heterocycles. The van der Waals surface area contributed by atoms with Gasteiger partial charge in [0, 0.05) is 16.8 Å². The van der Waals surface area contributed by atoms with E-state index in [0.717, 1.165) is 23.6 Å². The van der Waals surface area contributed by atoms with Crippen LogP contribution < -0.4 is 5.32 Å². The molecule has 0 amide bonds. The Bertz CT molecular complexity index is 88.6.